The second-order valence-electron chi connectivity index (χ2n) is 7.52. The van der Waals surface area contributed by atoms with Crippen LogP contribution in [0.25, 0.3) is 0 Å². The summed E-state index contributed by atoms with van der Waals surface area (Å²) in [7, 11) is 0. The summed E-state index contributed by atoms with van der Waals surface area (Å²) in [5.41, 5.74) is 4.09. The van der Waals surface area contributed by atoms with Crippen LogP contribution in [-0.2, 0) is 15.3 Å². The molecule has 3 aromatic rings. The van der Waals surface area contributed by atoms with Crippen molar-refractivity contribution in [2.75, 3.05) is 18.1 Å². The Labute approximate surface area is 202 Å². The van der Waals surface area contributed by atoms with E-state index in [1.54, 1.807) is 23.5 Å². The lowest BCUT2D eigenvalue weighted by molar-refractivity contribution is -0.121. The Kier molecular flexibility index (Phi) is 8.64. The zero-order valence-corrected chi connectivity index (χ0v) is 20.5. The van der Waals surface area contributed by atoms with Crippen molar-refractivity contribution in [1.82, 2.24) is 4.98 Å². The van der Waals surface area contributed by atoms with Crippen LogP contribution in [0.4, 0.5) is 5.69 Å². The van der Waals surface area contributed by atoms with Gasteiger partial charge in [0.05, 0.1) is 28.8 Å². The van der Waals surface area contributed by atoms with E-state index < -0.39 is 12.6 Å². The molecule has 170 valence electrons. The summed E-state index contributed by atoms with van der Waals surface area (Å²) in [6.45, 7) is 5.69. The first-order valence-electron chi connectivity index (χ1n) is 10.4. The molecule has 1 heterocycles. The molecule has 0 N–H and O–H groups in total. The maximum atomic E-state index is 12.9. The van der Waals surface area contributed by atoms with E-state index in [-0.39, 0.29) is 18.9 Å². The number of benzene rings is 2. The fourth-order valence-electron chi connectivity index (χ4n) is 3.34. The van der Waals surface area contributed by atoms with Crippen molar-refractivity contribution in [2.24, 2.45) is 0 Å². The Morgan fingerprint density at radius 3 is 2.55 bits per heavy atom. The van der Waals surface area contributed by atoms with E-state index in [0.29, 0.717) is 17.0 Å². The first-order valence-corrected chi connectivity index (χ1v) is 12.3. The van der Waals surface area contributed by atoms with Crippen LogP contribution in [0, 0.1) is 32.1 Å². The molecule has 8 heteroatoms. The average molecular weight is 480 g/mol. The van der Waals surface area contributed by atoms with E-state index in [2.05, 4.69) is 11.1 Å². The Balaban J connectivity index is 1.68. The minimum absolute atomic E-state index is 0.183. The molecule has 0 fully saturated rings. The minimum atomic E-state index is -0.554. The van der Waals surface area contributed by atoms with Gasteiger partial charge in [-0.1, -0.05) is 18.2 Å². The van der Waals surface area contributed by atoms with Crippen LogP contribution >= 0.6 is 23.1 Å². The number of hydrogen-bond acceptors (Lipinski definition) is 7. The summed E-state index contributed by atoms with van der Waals surface area (Å²) in [6, 6.07) is 15.0. The normalized spacial score (nSPS) is 10.5. The molecule has 33 heavy (non-hydrogen) atoms. The number of rotatable bonds is 9. The molecule has 3 rings (SSSR count). The van der Waals surface area contributed by atoms with Gasteiger partial charge in [0.1, 0.15) is 0 Å². The molecule has 0 aliphatic carbocycles. The Morgan fingerprint density at radius 2 is 1.88 bits per heavy atom. The highest BCUT2D eigenvalue weighted by Crippen LogP contribution is 2.27. The van der Waals surface area contributed by atoms with Gasteiger partial charge in [0.15, 0.2) is 6.61 Å². The molecule has 0 aliphatic heterocycles. The zero-order chi connectivity index (χ0) is 23.8. The van der Waals surface area contributed by atoms with Crippen molar-refractivity contribution in [3.63, 3.8) is 0 Å². The number of nitrogens with zero attached hydrogens (tertiary/aromatic N) is 3. The summed E-state index contributed by atoms with van der Waals surface area (Å²) >= 11 is 3.10. The number of carbonyl (C=O) groups is 2. The smallest absolute Gasteiger partial charge is 0.339 e. The lowest BCUT2D eigenvalue weighted by Crippen LogP contribution is -2.35. The quantitative estimate of drug-likeness (QED) is 0.299. The molecular formula is C25H25N3O3S2. The molecule has 0 saturated heterocycles. The van der Waals surface area contributed by atoms with Gasteiger partial charge < -0.3 is 9.64 Å². The van der Waals surface area contributed by atoms with Gasteiger partial charge in [0, 0.05) is 28.3 Å². The summed E-state index contributed by atoms with van der Waals surface area (Å²) in [6.07, 6.45) is 0.183. The van der Waals surface area contributed by atoms with Crippen molar-refractivity contribution >= 4 is 40.7 Å². The molecule has 0 aliphatic rings. The van der Waals surface area contributed by atoms with Crippen molar-refractivity contribution in [1.29, 1.82) is 5.26 Å². The van der Waals surface area contributed by atoms with Crippen molar-refractivity contribution < 1.29 is 14.3 Å². The van der Waals surface area contributed by atoms with Gasteiger partial charge in [-0.15, -0.1) is 23.1 Å². The number of anilines is 1. The molecule has 6 nitrogen and oxygen atoms in total. The lowest BCUT2D eigenvalue weighted by Gasteiger charge is -2.22. The molecular weight excluding hydrogens is 454 g/mol. The number of nitriles is 1. The topological polar surface area (TPSA) is 83.3 Å². The van der Waals surface area contributed by atoms with Crippen molar-refractivity contribution in [2.45, 2.75) is 37.8 Å². The first-order chi connectivity index (χ1) is 15.9. The van der Waals surface area contributed by atoms with Crippen LogP contribution in [0.5, 0.6) is 0 Å². The van der Waals surface area contributed by atoms with Gasteiger partial charge in [0.25, 0.3) is 5.91 Å². The summed E-state index contributed by atoms with van der Waals surface area (Å²) in [5, 5.41) is 12.0. The van der Waals surface area contributed by atoms with Gasteiger partial charge in [-0.05, 0) is 56.2 Å². The third-order valence-electron chi connectivity index (χ3n) is 4.74. The number of carbonyl (C=O) groups excluding carboxylic acids is 2. The van der Waals surface area contributed by atoms with Gasteiger partial charge in [0.2, 0.25) is 0 Å². The van der Waals surface area contributed by atoms with Gasteiger partial charge in [-0.25, -0.2) is 9.78 Å². The predicted octanol–water partition coefficient (Wildman–Crippen LogP) is 5.46. The first kappa shape index (κ1) is 24.5. The monoisotopic (exact) mass is 479 g/mol. The number of thioether (sulfide) groups is 1. The van der Waals surface area contributed by atoms with Crippen LogP contribution in [0.3, 0.4) is 0 Å². The van der Waals surface area contributed by atoms with Gasteiger partial charge in [-0.3, -0.25) is 4.79 Å². The van der Waals surface area contributed by atoms with Gasteiger partial charge in [-0.2, -0.15) is 5.26 Å². The molecule has 0 unspecified atom stereocenters. The zero-order valence-electron chi connectivity index (χ0n) is 18.8. The summed E-state index contributed by atoms with van der Waals surface area (Å²) in [4.78, 5) is 32.5. The van der Waals surface area contributed by atoms with Gasteiger partial charge >= 0.3 is 5.97 Å². The molecule has 1 aromatic heterocycles. The number of esters is 1. The predicted molar refractivity (Wildman–Crippen MR) is 132 cm³/mol. The molecule has 0 saturated carbocycles. The highest BCUT2D eigenvalue weighted by atomic mass is 32.2. The Hall–Kier alpha value is -3.15. The van der Waals surface area contributed by atoms with E-state index >= 15 is 0 Å². The number of amides is 1. The standard InChI is InChI=1S/C25H25N3O3S2/c1-17-11-18(2)13-21(12-17)28(10-6-9-26)24(29)14-31-25(30)22-7-4-5-8-23(22)33-16-20-15-32-19(3)27-20/h4-5,7-8,11-13,15H,6,10,14,16H2,1-3H3. The highest BCUT2D eigenvalue weighted by molar-refractivity contribution is 7.98. The maximum Gasteiger partial charge on any atom is 0.339 e. The molecule has 2 aromatic carbocycles. The number of ether oxygens (including phenoxy) is 1. The van der Waals surface area contributed by atoms with E-state index in [1.165, 1.54) is 16.7 Å². The van der Waals surface area contributed by atoms with E-state index in [0.717, 1.165) is 26.7 Å². The fourth-order valence-corrected chi connectivity index (χ4v) is 4.99. The average Bonchev–Trinajstić information content (AvgIpc) is 3.21. The fraction of sp³-hybridized carbons (Fsp3) is 0.280. The van der Waals surface area contributed by atoms with Crippen molar-refractivity contribution in [3.8, 4) is 6.07 Å². The number of hydrogen-bond donors (Lipinski definition) is 0. The number of thiazole rings is 1. The number of aromatic nitrogens is 1. The van der Waals surface area contributed by atoms with Crippen LogP contribution in [0.1, 0.15) is 38.6 Å². The number of aryl methyl sites for hydroxylation is 3. The second kappa shape index (κ2) is 11.6. The van der Waals surface area contributed by atoms with Crippen LogP contribution < -0.4 is 4.90 Å². The van der Waals surface area contributed by atoms with Crippen LogP contribution in [0.2, 0.25) is 0 Å². The highest BCUT2D eigenvalue weighted by Gasteiger charge is 2.20. The summed E-state index contributed by atoms with van der Waals surface area (Å²) in [5.74, 6) is -0.282. The second-order valence-corrected chi connectivity index (χ2v) is 9.60. The van der Waals surface area contributed by atoms with E-state index in [4.69, 9.17) is 10.00 Å². The molecule has 0 radical (unpaired) electrons. The third-order valence-corrected chi connectivity index (χ3v) is 6.67. The summed E-state index contributed by atoms with van der Waals surface area (Å²) < 4.78 is 5.39. The van der Waals surface area contributed by atoms with Crippen LogP contribution in [-0.4, -0.2) is 30.0 Å². The Bertz CT molecular complexity index is 1160. The van der Waals surface area contributed by atoms with E-state index in [1.807, 2.05) is 56.5 Å². The molecule has 0 atom stereocenters. The maximum absolute atomic E-state index is 12.9. The minimum Gasteiger partial charge on any atom is -0.452 e. The van der Waals surface area contributed by atoms with Crippen LogP contribution in [0.15, 0.2) is 52.7 Å². The lowest BCUT2D eigenvalue weighted by atomic mass is 10.1. The van der Waals surface area contributed by atoms with Crippen molar-refractivity contribution in [3.05, 3.63) is 75.2 Å². The largest absolute Gasteiger partial charge is 0.452 e. The third kappa shape index (κ3) is 6.91. The van der Waals surface area contributed by atoms with E-state index in [9.17, 15) is 9.59 Å². The SMILES string of the molecule is Cc1cc(C)cc(N(CCC#N)C(=O)COC(=O)c2ccccc2SCc2csc(C)n2)c1. The molecule has 0 spiro atoms. The molecule has 0 bridgehead atoms. The molecule has 1 amide bonds. The Morgan fingerprint density at radius 1 is 1.15 bits per heavy atom.